The molecule has 1 aliphatic rings. The molecule has 0 aliphatic heterocycles. The molecule has 4 atom stereocenters. The molecule has 0 spiro atoms. The molecule has 2 rings (SSSR count). The molecule has 1 N–H and O–H groups in total. The van der Waals surface area contributed by atoms with Gasteiger partial charge in [-0.05, 0) is 43.9 Å². The van der Waals surface area contributed by atoms with Crippen molar-refractivity contribution in [3.8, 4) is 0 Å². The summed E-state index contributed by atoms with van der Waals surface area (Å²) in [5.74, 6) is -0.347. The number of esters is 1. The minimum Gasteiger partial charge on any atom is -0.452 e. The Balaban J connectivity index is 1.91. The normalized spacial score (nSPS) is 22.6. The van der Waals surface area contributed by atoms with E-state index in [9.17, 15) is 9.59 Å². The van der Waals surface area contributed by atoms with Gasteiger partial charge in [0, 0.05) is 10.0 Å². The maximum absolute atomic E-state index is 12.1. The van der Waals surface area contributed by atoms with Gasteiger partial charge in [0.05, 0.1) is 12.0 Å². The lowest BCUT2D eigenvalue weighted by Gasteiger charge is -2.19. The van der Waals surface area contributed by atoms with Gasteiger partial charge in [0.2, 0.25) is 0 Å². The SMILES string of the molecule is C[C@H](OC(=O)[C@@H]1C[C@@H]1C)C(=O)N[C@@H](C)c1ccc(Cl)cc1Cl. The highest BCUT2D eigenvalue weighted by Gasteiger charge is 2.41. The van der Waals surface area contributed by atoms with Crippen molar-refractivity contribution in [1.82, 2.24) is 5.32 Å². The Morgan fingerprint density at radius 2 is 1.95 bits per heavy atom. The van der Waals surface area contributed by atoms with Gasteiger partial charge in [-0.15, -0.1) is 0 Å². The fourth-order valence-electron chi connectivity index (χ4n) is 2.23. The first-order chi connectivity index (χ1) is 10.3. The van der Waals surface area contributed by atoms with Gasteiger partial charge in [-0.25, -0.2) is 0 Å². The predicted molar refractivity (Wildman–Crippen MR) is 85.8 cm³/mol. The van der Waals surface area contributed by atoms with E-state index >= 15 is 0 Å². The van der Waals surface area contributed by atoms with E-state index in [2.05, 4.69) is 5.32 Å². The molecular formula is C16H19Cl2NO3. The molecule has 1 fully saturated rings. The Labute approximate surface area is 140 Å². The smallest absolute Gasteiger partial charge is 0.309 e. The number of amides is 1. The van der Waals surface area contributed by atoms with Crippen molar-refractivity contribution in [2.75, 3.05) is 0 Å². The molecule has 1 saturated carbocycles. The van der Waals surface area contributed by atoms with Crippen molar-refractivity contribution in [3.63, 3.8) is 0 Å². The maximum atomic E-state index is 12.1. The van der Waals surface area contributed by atoms with E-state index in [1.54, 1.807) is 25.1 Å². The van der Waals surface area contributed by atoms with Crippen molar-refractivity contribution in [2.24, 2.45) is 11.8 Å². The average Bonchev–Trinajstić information content (AvgIpc) is 3.15. The molecule has 6 heteroatoms. The number of hydrogen-bond acceptors (Lipinski definition) is 3. The highest BCUT2D eigenvalue weighted by atomic mass is 35.5. The molecule has 1 aromatic carbocycles. The number of carbonyl (C=O) groups excluding carboxylic acids is 2. The summed E-state index contributed by atoms with van der Waals surface area (Å²) in [6.45, 7) is 5.36. The summed E-state index contributed by atoms with van der Waals surface area (Å²) in [6, 6.07) is 4.79. The molecule has 0 bridgehead atoms. The molecule has 1 aliphatic carbocycles. The zero-order valence-corrected chi connectivity index (χ0v) is 14.2. The van der Waals surface area contributed by atoms with Crippen LogP contribution in [0.4, 0.5) is 0 Å². The summed E-state index contributed by atoms with van der Waals surface area (Å²) < 4.78 is 5.19. The van der Waals surface area contributed by atoms with Gasteiger partial charge in [0.1, 0.15) is 0 Å². The van der Waals surface area contributed by atoms with Crippen molar-refractivity contribution < 1.29 is 14.3 Å². The Kier molecular flexibility index (Phi) is 5.35. The van der Waals surface area contributed by atoms with Gasteiger partial charge in [-0.2, -0.15) is 0 Å². The van der Waals surface area contributed by atoms with E-state index in [1.807, 2.05) is 13.8 Å². The largest absolute Gasteiger partial charge is 0.452 e. The van der Waals surface area contributed by atoms with Gasteiger partial charge in [-0.3, -0.25) is 9.59 Å². The molecule has 0 unspecified atom stereocenters. The molecule has 0 radical (unpaired) electrons. The first kappa shape index (κ1) is 17.1. The first-order valence-corrected chi connectivity index (χ1v) is 8.01. The van der Waals surface area contributed by atoms with E-state index in [4.69, 9.17) is 27.9 Å². The highest BCUT2D eigenvalue weighted by Crippen LogP contribution is 2.38. The summed E-state index contributed by atoms with van der Waals surface area (Å²) in [6.07, 6.45) is 0.0121. The highest BCUT2D eigenvalue weighted by molar-refractivity contribution is 6.35. The van der Waals surface area contributed by atoms with E-state index in [-0.39, 0.29) is 23.8 Å². The molecule has 0 saturated heterocycles. The number of rotatable bonds is 5. The van der Waals surface area contributed by atoms with E-state index < -0.39 is 6.10 Å². The van der Waals surface area contributed by atoms with E-state index in [0.29, 0.717) is 16.0 Å². The van der Waals surface area contributed by atoms with Gasteiger partial charge in [-0.1, -0.05) is 36.2 Å². The van der Waals surface area contributed by atoms with Crippen LogP contribution in [-0.4, -0.2) is 18.0 Å². The van der Waals surface area contributed by atoms with Crippen LogP contribution >= 0.6 is 23.2 Å². The minimum absolute atomic E-state index is 0.0571. The quantitative estimate of drug-likeness (QED) is 0.828. The number of carbonyl (C=O) groups is 2. The Morgan fingerprint density at radius 3 is 2.50 bits per heavy atom. The van der Waals surface area contributed by atoms with Crippen molar-refractivity contribution in [3.05, 3.63) is 33.8 Å². The van der Waals surface area contributed by atoms with Gasteiger partial charge < -0.3 is 10.1 Å². The molecular weight excluding hydrogens is 325 g/mol. The van der Waals surface area contributed by atoms with Crippen molar-refractivity contribution in [1.29, 1.82) is 0 Å². The van der Waals surface area contributed by atoms with Crippen LogP contribution in [0, 0.1) is 11.8 Å². The lowest BCUT2D eigenvalue weighted by Crippen LogP contribution is -2.37. The molecule has 0 aromatic heterocycles. The fourth-order valence-corrected chi connectivity index (χ4v) is 2.80. The Morgan fingerprint density at radius 1 is 1.32 bits per heavy atom. The summed E-state index contributed by atoms with van der Waals surface area (Å²) in [5, 5.41) is 3.81. The first-order valence-electron chi connectivity index (χ1n) is 7.25. The third-order valence-electron chi connectivity index (χ3n) is 3.86. The second-order valence-electron chi connectivity index (χ2n) is 5.79. The van der Waals surface area contributed by atoms with Crippen LogP contribution in [0.2, 0.25) is 10.0 Å². The van der Waals surface area contributed by atoms with Crippen molar-refractivity contribution >= 4 is 35.1 Å². The Hall–Kier alpha value is -1.26. The van der Waals surface area contributed by atoms with Crippen LogP contribution in [0.25, 0.3) is 0 Å². The van der Waals surface area contributed by atoms with Gasteiger partial charge in [0.15, 0.2) is 6.10 Å². The van der Waals surface area contributed by atoms with Crippen LogP contribution in [0.3, 0.4) is 0 Å². The van der Waals surface area contributed by atoms with Gasteiger partial charge in [0.25, 0.3) is 5.91 Å². The summed E-state index contributed by atoms with van der Waals surface area (Å²) in [4.78, 5) is 23.8. The zero-order chi connectivity index (χ0) is 16.4. The van der Waals surface area contributed by atoms with Crippen LogP contribution in [0.15, 0.2) is 18.2 Å². The number of benzene rings is 1. The minimum atomic E-state index is -0.825. The number of halogens is 2. The number of hydrogen-bond donors (Lipinski definition) is 1. The maximum Gasteiger partial charge on any atom is 0.309 e. The molecule has 22 heavy (non-hydrogen) atoms. The monoisotopic (exact) mass is 343 g/mol. The number of ether oxygens (including phenoxy) is 1. The summed E-state index contributed by atoms with van der Waals surface area (Å²) in [5.41, 5.74) is 0.758. The average molecular weight is 344 g/mol. The molecule has 1 aromatic rings. The van der Waals surface area contributed by atoms with Crippen LogP contribution in [-0.2, 0) is 14.3 Å². The summed E-state index contributed by atoms with van der Waals surface area (Å²) >= 11 is 12.0. The number of nitrogens with one attached hydrogen (secondary N) is 1. The van der Waals surface area contributed by atoms with Crippen LogP contribution in [0.1, 0.15) is 38.8 Å². The zero-order valence-electron chi connectivity index (χ0n) is 12.7. The predicted octanol–water partition coefficient (Wildman–Crippen LogP) is 3.76. The molecule has 120 valence electrons. The van der Waals surface area contributed by atoms with E-state index in [0.717, 1.165) is 12.0 Å². The molecule has 1 amide bonds. The molecule has 0 heterocycles. The lowest BCUT2D eigenvalue weighted by atomic mass is 10.1. The summed E-state index contributed by atoms with van der Waals surface area (Å²) in [7, 11) is 0. The van der Waals surface area contributed by atoms with Crippen LogP contribution in [0.5, 0.6) is 0 Å². The standard InChI is InChI=1S/C16H19Cl2NO3/c1-8-6-13(8)16(21)22-10(3)15(20)19-9(2)12-5-4-11(17)7-14(12)18/h4-5,7-10,13H,6H2,1-3H3,(H,19,20)/t8-,9-,10-,13+/m0/s1. The van der Waals surface area contributed by atoms with Crippen molar-refractivity contribution in [2.45, 2.75) is 39.3 Å². The third-order valence-corrected chi connectivity index (χ3v) is 4.42. The van der Waals surface area contributed by atoms with E-state index in [1.165, 1.54) is 0 Å². The Bertz CT molecular complexity index is 591. The second kappa shape index (κ2) is 6.88. The topological polar surface area (TPSA) is 55.4 Å². The second-order valence-corrected chi connectivity index (χ2v) is 6.64. The lowest BCUT2D eigenvalue weighted by molar-refractivity contribution is -0.156. The van der Waals surface area contributed by atoms with Gasteiger partial charge >= 0.3 is 5.97 Å². The fraction of sp³-hybridized carbons (Fsp3) is 0.500. The molecule has 4 nitrogen and oxygen atoms in total. The van der Waals surface area contributed by atoms with Crippen LogP contribution < -0.4 is 5.32 Å². The third kappa shape index (κ3) is 4.14.